The Morgan fingerprint density at radius 3 is 1.68 bits per heavy atom. The minimum Gasteiger partial charge on any atom is -0.493 e. The molecule has 0 saturated heterocycles. The highest BCUT2D eigenvalue weighted by Gasteiger charge is 2.11. The van der Waals surface area contributed by atoms with Crippen LogP contribution in [0.15, 0.2) is 66.7 Å². The Bertz CT molecular complexity index is 1020. The maximum absolute atomic E-state index is 6.30. The van der Waals surface area contributed by atoms with Crippen molar-refractivity contribution >= 4 is 32.3 Å². The van der Waals surface area contributed by atoms with Gasteiger partial charge in [0.05, 0.1) is 6.61 Å². The molecule has 1 nitrogen and oxygen atoms in total. The molecule has 0 heterocycles. The molecule has 1 heteroatoms. The van der Waals surface area contributed by atoms with Crippen molar-refractivity contribution in [3.63, 3.8) is 0 Å². The van der Waals surface area contributed by atoms with Crippen molar-refractivity contribution in [1.82, 2.24) is 0 Å². The average Bonchev–Trinajstić information content (AvgIpc) is 2.76. The van der Waals surface area contributed by atoms with Gasteiger partial charge in [0.1, 0.15) is 5.75 Å². The molecule has 0 radical (unpaired) electrons. The van der Waals surface area contributed by atoms with Crippen LogP contribution in [-0.4, -0.2) is 6.61 Å². The van der Waals surface area contributed by atoms with Crippen LogP contribution in [0, 0.1) is 0 Å². The van der Waals surface area contributed by atoms with Crippen molar-refractivity contribution in [1.29, 1.82) is 0 Å². The summed E-state index contributed by atoms with van der Waals surface area (Å²) < 4.78 is 6.30. The monoisotopic (exact) mass is 370 g/mol. The van der Waals surface area contributed by atoms with Gasteiger partial charge in [0.15, 0.2) is 0 Å². The molecule has 4 aromatic rings. The molecule has 0 atom stereocenters. The Labute approximate surface area is 168 Å². The van der Waals surface area contributed by atoms with Crippen LogP contribution in [0.5, 0.6) is 5.75 Å². The number of hydrogen-bond acceptors (Lipinski definition) is 1. The number of unbranched alkanes of at least 4 members (excludes halogenated alkanes) is 6. The zero-order chi connectivity index (χ0) is 19.2. The lowest BCUT2D eigenvalue weighted by atomic mass is 9.94. The van der Waals surface area contributed by atoms with Gasteiger partial charge in [-0.25, -0.2) is 0 Å². The molecule has 0 spiro atoms. The summed E-state index contributed by atoms with van der Waals surface area (Å²) in [6.45, 7) is 3.07. The second kappa shape index (κ2) is 9.10. The van der Waals surface area contributed by atoms with Gasteiger partial charge in [-0.2, -0.15) is 0 Å². The Kier molecular flexibility index (Phi) is 6.11. The van der Waals surface area contributed by atoms with Gasteiger partial charge in [0, 0.05) is 5.39 Å². The van der Waals surface area contributed by atoms with E-state index in [1.165, 1.54) is 70.8 Å². The summed E-state index contributed by atoms with van der Waals surface area (Å²) in [6, 6.07) is 23.9. The zero-order valence-electron chi connectivity index (χ0n) is 16.9. The standard InChI is InChI=1S/C27H30O/c1-2-3-4-5-6-7-12-20-28-26-19-13-18-25-23-15-9-8-14-21(23)22-16-10-11-17-24(22)27(25)26/h8-11,13-19H,2-7,12,20H2,1H3. The van der Waals surface area contributed by atoms with Gasteiger partial charge in [-0.05, 0) is 39.4 Å². The van der Waals surface area contributed by atoms with E-state index in [-0.39, 0.29) is 0 Å². The molecule has 0 aliphatic carbocycles. The van der Waals surface area contributed by atoms with E-state index in [9.17, 15) is 0 Å². The summed E-state index contributed by atoms with van der Waals surface area (Å²) in [5.41, 5.74) is 0. The van der Waals surface area contributed by atoms with Crippen LogP contribution in [0.1, 0.15) is 51.9 Å². The van der Waals surface area contributed by atoms with Gasteiger partial charge in [-0.15, -0.1) is 0 Å². The molecule has 0 saturated carbocycles. The summed E-state index contributed by atoms with van der Waals surface area (Å²) in [7, 11) is 0. The average molecular weight is 371 g/mol. The Morgan fingerprint density at radius 1 is 0.536 bits per heavy atom. The van der Waals surface area contributed by atoms with Crippen molar-refractivity contribution in [2.45, 2.75) is 51.9 Å². The first-order chi connectivity index (χ1) is 13.9. The molecular formula is C27H30O. The van der Waals surface area contributed by atoms with E-state index in [0.717, 1.165) is 18.8 Å². The molecule has 0 unspecified atom stereocenters. The highest BCUT2D eigenvalue weighted by atomic mass is 16.5. The topological polar surface area (TPSA) is 9.23 Å². The SMILES string of the molecule is CCCCCCCCCOc1cccc2c3ccccc3c3ccccc3c12. The van der Waals surface area contributed by atoms with Gasteiger partial charge < -0.3 is 4.74 Å². The van der Waals surface area contributed by atoms with Crippen LogP contribution >= 0.6 is 0 Å². The van der Waals surface area contributed by atoms with Crippen molar-refractivity contribution in [3.8, 4) is 5.75 Å². The second-order valence-electron chi connectivity index (χ2n) is 7.74. The number of fused-ring (bicyclic) bond motifs is 6. The quantitative estimate of drug-likeness (QED) is 0.213. The predicted octanol–water partition coefficient (Wildman–Crippen LogP) is 8.28. The van der Waals surface area contributed by atoms with Crippen molar-refractivity contribution in [3.05, 3.63) is 66.7 Å². The number of hydrogen-bond donors (Lipinski definition) is 0. The van der Waals surface area contributed by atoms with Crippen molar-refractivity contribution < 1.29 is 4.74 Å². The fourth-order valence-corrected chi connectivity index (χ4v) is 4.28. The summed E-state index contributed by atoms with van der Waals surface area (Å²) >= 11 is 0. The first kappa shape index (κ1) is 18.8. The lowest BCUT2D eigenvalue weighted by Gasteiger charge is -2.14. The first-order valence-electron chi connectivity index (χ1n) is 10.8. The fraction of sp³-hybridized carbons (Fsp3) is 0.333. The van der Waals surface area contributed by atoms with E-state index in [4.69, 9.17) is 4.74 Å². The third-order valence-corrected chi connectivity index (χ3v) is 5.74. The lowest BCUT2D eigenvalue weighted by molar-refractivity contribution is 0.308. The highest BCUT2D eigenvalue weighted by molar-refractivity contribution is 6.26. The molecule has 28 heavy (non-hydrogen) atoms. The molecule has 0 amide bonds. The summed E-state index contributed by atoms with van der Waals surface area (Å²) in [5.74, 6) is 1.02. The second-order valence-corrected chi connectivity index (χ2v) is 7.74. The molecular weight excluding hydrogens is 340 g/mol. The Morgan fingerprint density at radius 2 is 1.04 bits per heavy atom. The lowest BCUT2D eigenvalue weighted by Crippen LogP contribution is -1.98. The minimum absolute atomic E-state index is 0.800. The van der Waals surface area contributed by atoms with E-state index in [1.807, 2.05) is 0 Å². The Balaban J connectivity index is 1.60. The number of benzene rings is 4. The molecule has 0 aliphatic rings. The molecule has 0 aliphatic heterocycles. The van der Waals surface area contributed by atoms with Crippen molar-refractivity contribution in [2.24, 2.45) is 0 Å². The fourth-order valence-electron chi connectivity index (χ4n) is 4.28. The maximum atomic E-state index is 6.30. The van der Waals surface area contributed by atoms with Gasteiger partial charge in [-0.1, -0.05) is 106 Å². The van der Waals surface area contributed by atoms with Gasteiger partial charge >= 0.3 is 0 Å². The summed E-state index contributed by atoms with van der Waals surface area (Å²) in [4.78, 5) is 0. The van der Waals surface area contributed by atoms with Gasteiger partial charge in [-0.3, -0.25) is 0 Å². The highest BCUT2D eigenvalue weighted by Crippen LogP contribution is 2.39. The predicted molar refractivity (Wildman–Crippen MR) is 122 cm³/mol. The minimum atomic E-state index is 0.800. The van der Waals surface area contributed by atoms with E-state index < -0.39 is 0 Å². The third kappa shape index (κ3) is 3.85. The van der Waals surface area contributed by atoms with E-state index >= 15 is 0 Å². The van der Waals surface area contributed by atoms with E-state index in [0.29, 0.717) is 0 Å². The summed E-state index contributed by atoms with van der Waals surface area (Å²) in [6.07, 6.45) is 9.14. The maximum Gasteiger partial charge on any atom is 0.127 e. The van der Waals surface area contributed by atoms with Crippen LogP contribution in [0.4, 0.5) is 0 Å². The molecule has 0 aromatic heterocycles. The van der Waals surface area contributed by atoms with Crippen LogP contribution < -0.4 is 4.74 Å². The molecule has 0 N–H and O–H groups in total. The smallest absolute Gasteiger partial charge is 0.127 e. The number of rotatable bonds is 9. The van der Waals surface area contributed by atoms with Crippen LogP contribution in [0.25, 0.3) is 32.3 Å². The first-order valence-corrected chi connectivity index (χ1v) is 10.8. The normalized spacial score (nSPS) is 11.5. The van der Waals surface area contributed by atoms with E-state index in [1.54, 1.807) is 0 Å². The Hall–Kier alpha value is -2.54. The molecule has 144 valence electrons. The van der Waals surface area contributed by atoms with Crippen LogP contribution in [0.3, 0.4) is 0 Å². The third-order valence-electron chi connectivity index (χ3n) is 5.74. The molecule has 4 aromatic carbocycles. The zero-order valence-corrected chi connectivity index (χ0v) is 16.9. The van der Waals surface area contributed by atoms with Gasteiger partial charge in [0.25, 0.3) is 0 Å². The van der Waals surface area contributed by atoms with Crippen LogP contribution in [-0.2, 0) is 0 Å². The van der Waals surface area contributed by atoms with Gasteiger partial charge in [0.2, 0.25) is 0 Å². The summed E-state index contributed by atoms with van der Waals surface area (Å²) in [5, 5.41) is 7.74. The molecule has 4 rings (SSSR count). The molecule has 0 fully saturated rings. The number of ether oxygens (including phenoxy) is 1. The van der Waals surface area contributed by atoms with Crippen LogP contribution in [0.2, 0.25) is 0 Å². The van der Waals surface area contributed by atoms with E-state index in [2.05, 4.69) is 73.7 Å². The van der Waals surface area contributed by atoms with Crippen molar-refractivity contribution in [2.75, 3.05) is 6.61 Å². The largest absolute Gasteiger partial charge is 0.493 e. The molecule has 0 bridgehead atoms.